The van der Waals surface area contributed by atoms with E-state index in [1.807, 2.05) is 57.2 Å². The van der Waals surface area contributed by atoms with Crippen LogP contribution >= 0.6 is 0 Å². The van der Waals surface area contributed by atoms with Gasteiger partial charge in [0, 0.05) is 16.5 Å². The first-order chi connectivity index (χ1) is 9.92. The van der Waals surface area contributed by atoms with Crippen molar-refractivity contribution in [3.8, 4) is 0 Å². The van der Waals surface area contributed by atoms with Gasteiger partial charge in [-0.3, -0.25) is 5.32 Å². The number of furan rings is 1. The summed E-state index contributed by atoms with van der Waals surface area (Å²) in [5.41, 5.74) is 1.80. The first kappa shape index (κ1) is 13.5. The lowest BCUT2D eigenvalue weighted by atomic mass is 10.1. The molecule has 2 aromatic carbocycles. The predicted octanol–water partition coefficient (Wildman–Crippen LogP) is 4.93. The maximum atomic E-state index is 11.8. The normalized spacial score (nSPS) is 11.8. The lowest BCUT2D eigenvalue weighted by Gasteiger charge is -2.19. The molecule has 3 rings (SSSR count). The molecule has 1 heterocycles. The van der Waals surface area contributed by atoms with E-state index >= 15 is 0 Å². The van der Waals surface area contributed by atoms with Crippen molar-refractivity contribution in [2.24, 2.45) is 0 Å². The topological polar surface area (TPSA) is 51.5 Å². The fourth-order valence-electron chi connectivity index (χ4n) is 2.23. The van der Waals surface area contributed by atoms with E-state index in [2.05, 4.69) is 5.32 Å². The van der Waals surface area contributed by atoms with Gasteiger partial charge in [0.1, 0.15) is 16.8 Å². The van der Waals surface area contributed by atoms with Crippen molar-refractivity contribution in [2.75, 3.05) is 5.32 Å². The van der Waals surface area contributed by atoms with Gasteiger partial charge in [0.2, 0.25) is 0 Å². The Morgan fingerprint density at radius 3 is 2.52 bits per heavy atom. The third kappa shape index (κ3) is 2.84. The van der Waals surface area contributed by atoms with Gasteiger partial charge in [0.15, 0.2) is 0 Å². The minimum Gasteiger partial charge on any atom is -0.456 e. The molecular weight excluding hydrogens is 266 g/mol. The Morgan fingerprint density at radius 1 is 1.05 bits per heavy atom. The van der Waals surface area contributed by atoms with E-state index in [0.29, 0.717) is 5.69 Å². The Hall–Kier alpha value is -2.49. The molecule has 1 N–H and O–H groups in total. The van der Waals surface area contributed by atoms with Crippen LogP contribution < -0.4 is 5.32 Å². The molecule has 0 saturated heterocycles. The van der Waals surface area contributed by atoms with Gasteiger partial charge in [-0.05, 0) is 45.0 Å². The fraction of sp³-hybridized carbons (Fsp3) is 0.235. The van der Waals surface area contributed by atoms with Crippen LogP contribution in [0.5, 0.6) is 0 Å². The van der Waals surface area contributed by atoms with Gasteiger partial charge in [-0.25, -0.2) is 4.79 Å². The lowest BCUT2D eigenvalue weighted by Crippen LogP contribution is -2.27. The van der Waals surface area contributed by atoms with E-state index < -0.39 is 11.7 Å². The average Bonchev–Trinajstić information content (AvgIpc) is 2.74. The Labute approximate surface area is 122 Å². The van der Waals surface area contributed by atoms with E-state index in [0.717, 1.165) is 21.9 Å². The van der Waals surface area contributed by atoms with E-state index in [-0.39, 0.29) is 0 Å². The lowest BCUT2D eigenvalue weighted by molar-refractivity contribution is 0.0636. The maximum absolute atomic E-state index is 11.8. The number of para-hydroxylation sites is 1. The van der Waals surface area contributed by atoms with Gasteiger partial charge in [-0.1, -0.05) is 18.2 Å². The van der Waals surface area contributed by atoms with Crippen molar-refractivity contribution >= 4 is 33.7 Å². The quantitative estimate of drug-likeness (QED) is 0.688. The number of benzene rings is 2. The number of carbonyl (C=O) groups excluding carboxylic acids is 1. The van der Waals surface area contributed by atoms with Gasteiger partial charge in [-0.15, -0.1) is 0 Å². The molecule has 4 heteroatoms. The molecule has 0 radical (unpaired) electrons. The summed E-state index contributed by atoms with van der Waals surface area (Å²) >= 11 is 0. The first-order valence-corrected chi connectivity index (χ1v) is 6.84. The van der Waals surface area contributed by atoms with Gasteiger partial charge >= 0.3 is 6.09 Å². The van der Waals surface area contributed by atoms with Crippen molar-refractivity contribution in [3.05, 3.63) is 42.5 Å². The van der Waals surface area contributed by atoms with Crippen LogP contribution in [0.25, 0.3) is 21.9 Å². The summed E-state index contributed by atoms with van der Waals surface area (Å²) in [5, 5.41) is 4.74. The summed E-state index contributed by atoms with van der Waals surface area (Å²) in [6.45, 7) is 5.50. The molecule has 21 heavy (non-hydrogen) atoms. The molecule has 108 valence electrons. The number of rotatable bonds is 1. The predicted molar refractivity (Wildman–Crippen MR) is 83.6 cm³/mol. The third-order valence-corrected chi connectivity index (χ3v) is 3.02. The second-order valence-electron chi connectivity index (χ2n) is 5.94. The number of hydrogen-bond donors (Lipinski definition) is 1. The Balaban J connectivity index is 1.94. The zero-order chi connectivity index (χ0) is 15.0. The fourth-order valence-corrected chi connectivity index (χ4v) is 2.23. The average molecular weight is 283 g/mol. The summed E-state index contributed by atoms with van der Waals surface area (Å²) < 4.78 is 11.0. The maximum Gasteiger partial charge on any atom is 0.412 e. The highest BCUT2D eigenvalue weighted by atomic mass is 16.6. The van der Waals surface area contributed by atoms with E-state index in [1.54, 1.807) is 6.07 Å². The molecule has 0 atom stereocenters. The summed E-state index contributed by atoms with van der Waals surface area (Å²) in [6.07, 6.45) is -0.463. The SMILES string of the molecule is CC(C)(C)OC(=O)Nc1ccc2oc3ccccc3c2c1. The molecule has 0 unspecified atom stereocenters. The van der Waals surface area contributed by atoms with E-state index in [1.165, 1.54) is 0 Å². The summed E-state index contributed by atoms with van der Waals surface area (Å²) in [4.78, 5) is 11.8. The van der Waals surface area contributed by atoms with Crippen molar-refractivity contribution in [1.29, 1.82) is 0 Å². The van der Waals surface area contributed by atoms with Crippen molar-refractivity contribution in [2.45, 2.75) is 26.4 Å². The molecule has 1 amide bonds. The third-order valence-electron chi connectivity index (χ3n) is 3.02. The molecule has 0 aliphatic carbocycles. The summed E-state index contributed by atoms with van der Waals surface area (Å²) in [7, 11) is 0. The molecule has 0 spiro atoms. The van der Waals surface area contributed by atoms with Gasteiger partial charge in [0.25, 0.3) is 0 Å². The Bertz CT molecular complexity index is 812. The highest BCUT2D eigenvalue weighted by molar-refractivity contribution is 6.06. The molecule has 0 bridgehead atoms. The number of fused-ring (bicyclic) bond motifs is 3. The number of ether oxygens (including phenoxy) is 1. The summed E-state index contributed by atoms with van der Waals surface area (Å²) in [6, 6.07) is 13.4. The van der Waals surface area contributed by atoms with Crippen LogP contribution in [-0.4, -0.2) is 11.7 Å². The Kier molecular flexibility index (Phi) is 3.09. The molecule has 4 nitrogen and oxygen atoms in total. The number of carbonyl (C=O) groups is 1. The van der Waals surface area contributed by atoms with Crippen LogP contribution in [0.15, 0.2) is 46.9 Å². The van der Waals surface area contributed by atoms with Crippen LogP contribution in [0.3, 0.4) is 0 Å². The highest BCUT2D eigenvalue weighted by Crippen LogP contribution is 2.30. The Morgan fingerprint density at radius 2 is 1.76 bits per heavy atom. The molecule has 0 aliphatic heterocycles. The number of nitrogens with one attached hydrogen (secondary N) is 1. The van der Waals surface area contributed by atoms with Crippen LogP contribution in [0, 0.1) is 0 Å². The number of anilines is 1. The highest BCUT2D eigenvalue weighted by Gasteiger charge is 2.16. The van der Waals surface area contributed by atoms with Crippen molar-refractivity contribution in [3.63, 3.8) is 0 Å². The van der Waals surface area contributed by atoms with Crippen LogP contribution in [0.2, 0.25) is 0 Å². The largest absolute Gasteiger partial charge is 0.456 e. The van der Waals surface area contributed by atoms with Gasteiger partial charge in [0.05, 0.1) is 0 Å². The zero-order valence-electron chi connectivity index (χ0n) is 12.3. The van der Waals surface area contributed by atoms with Crippen LogP contribution in [0.4, 0.5) is 10.5 Å². The minimum atomic E-state index is -0.517. The van der Waals surface area contributed by atoms with E-state index in [9.17, 15) is 4.79 Å². The molecule has 3 aromatic rings. The van der Waals surface area contributed by atoms with Gasteiger partial charge in [-0.2, -0.15) is 0 Å². The molecule has 0 saturated carbocycles. The van der Waals surface area contributed by atoms with Crippen molar-refractivity contribution < 1.29 is 13.9 Å². The molecular formula is C17H17NO3. The van der Waals surface area contributed by atoms with Gasteiger partial charge < -0.3 is 9.15 Å². The monoisotopic (exact) mass is 283 g/mol. The second-order valence-corrected chi connectivity index (χ2v) is 5.94. The molecule has 1 aromatic heterocycles. The number of amides is 1. The zero-order valence-corrected chi connectivity index (χ0v) is 12.3. The van der Waals surface area contributed by atoms with E-state index in [4.69, 9.17) is 9.15 Å². The summed E-state index contributed by atoms with van der Waals surface area (Å²) in [5.74, 6) is 0. The minimum absolute atomic E-state index is 0.463. The molecule has 0 aliphatic rings. The number of hydrogen-bond acceptors (Lipinski definition) is 3. The van der Waals surface area contributed by atoms with Crippen molar-refractivity contribution in [1.82, 2.24) is 0 Å². The first-order valence-electron chi connectivity index (χ1n) is 6.84. The van der Waals surface area contributed by atoms with Crippen LogP contribution in [0.1, 0.15) is 20.8 Å². The molecule has 0 fully saturated rings. The smallest absolute Gasteiger partial charge is 0.412 e. The second kappa shape index (κ2) is 4.81. The standard InChI is InChI=1S/C17H17NO3/c1-17(2,3)21-16(19)18-11-8-9-15-13(10-11)12-6-4-5-7-14(12)20-15/h4-10H,1-3H3,(H,18,19). The van der Waals surface area contributed by atoms with Crippen LogP contribution in [-0.2, 0) is 4.74 Å².